The number of thiocarbonyl (C=S) groups is 1. The van der Waals surface area contributed by atoms with E-state index in [9.17, 15) is 14.7 Å². The van der Waals surface area contributed by atoms with Gasteiger partial charge in [-0.1, -0.05) is 36.4 Å². The van der Waals surface area contributed by atoms with Crippen molar-refractivity contribution < 1.29 is 14.7 Å². The number of carboxylic acids is 1. The maximum atomic E-state index is 12.8. The van der Waals surface area contributed by atoms with Crippen molar-refractivity contribution in [3.8, 4) is 0 Å². The van der Waals surface area contributed by atoms with Gasteiger partial charge in [0.25, 0.3) is 5.91 Å². The smallest absolute Gasteiger partial charge is 0.281 e. The number of benzene rings is 2. The van der Waals surface area contributed by atoms with Crippen molar-refractivity contribution in [2.45, 2.75) is 6.54 Å². The van der Waals surface area contributed by atoms with Crippen molar-refractivity contribution in [1.29, 1.82) is 0 Å². The Morgan fingerprint density at radius 2 is 1.81 bits per heavy atom. The maximum absolute atomic E-state index is 12.8. The van der Waals surface area contributed by atoms with Crippen LogP contribution in [0.15, 0.2) is 66.5 Å². The molecular weight excluding hydrogens is 362 g/mol. The summed E-state index contributed by atoms with van der Waals surface area (Å²) in [6.45, 7) is -0.264. The summed E-state index contributed by atoms with van der Waals surface area (Å²) < 4.78 is 1.59. The van der Waals surface area contributed by atoms with Gasteiger partial charge in [0.15, 0.2) is 5.11 Å². The average Bonchev–Trinajstić information content (AvgIpc) is 3.13. The topological polar surface area (TPSA) is 77.4 Å². The molecule has 0 saturated carbocycles. The van der Waals surface area contributed by atoms with Crippen molar-refractivity contribution in [1.82, 2.24) is 9.88 Å². The molecule has 4 rings (SSSR count). The van der Waals surface area contributed by atoms with Crippen molar-refractivity contribution >= 4 is 51.9 Å². The molecule has 1 aliphatic heterocycles. The van der Waals surface area contributed by atoms with E-state index < -0.39 is 5.97 Å². The highest BCUT2D eigenvalue weighted by atomic mass is 32.1. The molecule has 6 nitrogen and oxygen atoms in total. The van der Waals surface area contributed by atoms with Gasteiger partial charge in [0.1, 0.15) is 5.70 Å². The average molecular weight is 376 g/mol. The number of fused-ring (bicyclic) bond motifs is 1. The summed E-state index contributed by atoms with van der Waals surface area (Å²) in [7, 11) is 0. The normalized spacial score (nSPS) is 15.6. The van der Waals surface area contributed by atoms with Crippen LogP contribution in [0.25, 0.3) is 17.0 Å². The lowest BCUT2D eigenvalue weighted by atomic mass is 10.1. The summed E-state index contributed by atoms with van der Waals surface area (Å²) in [6, 6.07) is 16.5. The van der Waals surface area contributed by atoms with Gasteiger partial charge in [0.2, 0.25) is 0 Å². The molecule has 2 aromatic carbocycles. The molecule has 0 aliphatic carbocycles. The molecule has 27 heavy (non-hydrogen) atoms. The second kappa shape index (κ2) is 6.69. The maximum Gasteiger partial charge on any atom is 0.281 e. The first-order chi connectivity index (χ1) is 13.0. The van der Waals surface area contributed by atoms with Crippen molar-refractivity contribution in [2.75, 3.05) is 4.90 Å². The summed E-state index contributed by atoms with van der Waals surface area (Å²) in [5, 5.41) is 15.1. The Bertz CT molecular complexity index is 1100. The molecule has 0 unspecified atom stereocenters. The molecule has 7 heteroatoms. The largest absolute Gasteiger partial charge is 0.548 e. The Labute approximate surface area is 160 Å². The van der Waals surface area contributed by atoms with Crippen molar-refractivity contribution in [3.63, 3.8) is 0 Å². The van der Waals surface area contributed by atoms with Gasteiger partial charge in [-0.25, -0.2) is 0 Å². The molecule has 1 aliphatic rings. The zero-order chi connectivity index (χ0) is 19.0. The molecule has 2 heterocycles. The molecule has 0 spiro atoms. The first-order valence-electron chi connectivity index (χ1n) is 8.24. The van der Waals surface area contributed by atoms with Crippen LogP contribution in [0.3, 0.4) is 0 Å². The Hall–Kier alpha value is -3.45. The molecule has 1 aromatic heterocycles. The fourth-order valence-electron chi connectivity index (χ4n) is 3.16. The number of aliphatic carboxylic acids is 1. The predicted molar refractivity (Wildman–Crippen MR) is 105 cm³/mol. The lowest BCUT2D eigenvalue weighted by Crippen LogP contribution is -2.30. The number of carbonyl (C=O) groups excluding carboxylic acids is 2. The van der Waals surface area contributed by atoms with Crippen LogP contribution < -0.4 is 15.3 Å². The molecule has 1 amide bonds. The number of para-hydroxylation sites is 2. The molecule has 1 saturated heterocycles. The highest BCUT2D eigenvalue weighted by Crippen LogP contribution is 2.26. The van der Waals surface area contributed by atoms with Gasteiger partial charge in [0.05, 0.1) is 18.2 Å². The van der Waals surface area contributed by atoms with Crippen LogP contribution in [-0.2, 0) is 16.1 Å². The third-order valence-corrected chi connectivity index (χ3v) is 4.60. The lowest BCUT2D eigenvalue weighted by Gasteiger charge is -2.13. The monoisotopic (exact) mass is 376 g/mol. The number of nitrogens with one attached hydrogen (secondary N) is 1. The minimum absolute atomic E-state index is 0.261. The minimum atomic E-state index is -1.18. The number of carbonyl (C=O) groups is 2. The quantitative estimate of drug-likeness (QED) is 0.553. The van der Waals surface area contributed by atoms with Gasteiger partial charge in [-0.3, -0.25) is 9.69 Å². The van der Waals surface area contributed by atoms with Crippen molar-refractivity contribution in [2.24, 2.45) is 0 Å². The molecule has 1 N–H and O–H groups in total. The number of amides is 1. The van der Waals surface area contributed by atoms with E-state index in [1.807, 2.05) is 42.5 Å². The highest BCUT2D eigenvalue weighted by molar-refractivity contribution is 7.80. The Kier molecular flexibility index (Phi) is 4.21. The number of rotatable bonds is 4. The third kappa shape index (κ3) is 3.09. The molecule has 0 radical (unpaired) electrons. The molecule has 134 valence electrons. The van der Waals surface area contributed by atoms with Crippen LogP contribution in [0, 0.1) is 0 Å². The van der Waals surface area contributed by atoms with E-state index in [4.69, 9.17) is 12.2 Å². The summed E-state index contributed by atoms with van der Waals surface area (Å²) >= 11 is 5.31. The van der Waals surface area contributed by atoms with Crippen LogP contribution in [-0.4, -0.2) is 21.6 Å². The minimum Gasteiger partial charge on any atom is -0.548 e. The lowest BCUT2D eigenvalue weighted by molar-refractivity contribution is -0.306. The van der Waals surface area contributed by atoms with Crippen LogP contribution in [0.4, 0.5) is 5.69 Å². The van der Waals surface area contributed by atoms with E-state index in [1.165, 1.54) is 4.90 Å². The first-order valence-corrected chi connectivity index (χ1v) is 8.65. The zero-order valence-electron chi connectivity index (χ0n) is 14.1. The number of nitrogens with zero attached hydrogens (tertiary/aromatic N) is 2. The molecular formula is C20H14N3O3S-. The Morgan fingerprint density at radius 3 is 2.56 bits per heavy atom. The van der Waals surface area contributed by atoms with Crippen LogP contribution in [0.2, 0.25) is 0 Å². The summed E-state index contributed by atoms with van der Waals surface area (Å²) in [5.41, 5.74) is 2.49. The van der Waals surface area contributed by atoms with Crippen molar-refractivity contribution in [3.05, 3.63) is 72.1 Å². The second-order valence-electron chi connectivity index (χ2n) is 6.07. The van der Waals surface area contributed by atoms with Crippen LogP contribution in [0.5, 0.6) is 0 Å². The van der Waals surface area contributed by atoms with Gasteiger partial charge in [-0.05, 0) is 36.5 Å². The predicted octanol–water partition coefficient (Wildman–Crippen LogP) is 1.65. The number of hydrogen-bond acceptors (Lipinski definition) is 4. The summed E-state index contributed by atoms with van der Waals surface area (Å²) in [4.78, 5) is 25.3. The highest BCUT2D eigenvalue weighted by Gasteiger charge is 2.32. The molecule has 0 bridgehead atoms. The number of aromatic nitrogens is 1. The fourth-order valence-corrected chi connectivity index (χ4v) is 3.46. The number of anilines is 1. The zero-order valence-corrected chi connectivity index (χ0v) is 14.9. The summed E-state index contributed by atoms with van der Waals surface area (Å²) in [5.74, 6) is -1.44. The summed E-state index contributed by atoms with van der Waals surface area (Å²) in [6.07, 6.45) is 3.38. The first kappa shape index (κ1) is 17.0. The Morgan fingerprint density at radius 1 is 1.11 bits per heavy atom. The fraction of sp³-hybridized carbons (Fsp3) is 0.0500. The van der Waals surface area contributed by atoms with E-state index in [-0.39, 0.29) is 12.5 Å². The SMILES string of the molecule is O=C([O-])Cn1cc(C=C2NC(=S)N(c3ccccc3)C2=O)c2ccccc21. The van der Waals surface area contributed by atoms with E-state index in [1.54, 1.807) is 29.0 Å². The van der Waals surface area contributed by atoms with E-state index in [0.717, 1.165) is 16.5 Å². The van der Waals surface area contributed by atoms with Crippen LogP contribution >= 0.6 is 12.2 Å². The third-order valence-electron chi connectivity index (χ3n) is 4.31. The van der Waals surface area contributed by atoms with Crippen LogP contribution in [0.1, 0.15) is 5.56 Å². The van der Waals surface area contributed by atoms with Gasteiger partial charge in [-0.2, -0.15) is 0 Å². The Balaban J connectivity index is 1.75. The van der Waals surface area contributed by atoms with Gasteiger partial charge < -0.3 is 19.8 Å². The molecule has 0 atom stereocenters. The van der Waals surface area contributed by atoms with E-state index in [0.29, 0.717) is 16.5 Å². The van der Waals surface area contributed by atoms with Gasteiger partial charge in [0, 0.05) is 22.7 Å². The number of carboxylic acid groups (broad SMARTS) is 1. The molecule has 3 aromatic rings. The number of hydrogen-bond donors (Lipinski definition) is 1. The molecule has 1 fully saturated rings. The van der Waals surface area contributed by atoms with E-state index >= 15 is 0 Å². The van der Waals surface area contributed by atoms with E-state index in [2.05, 4.69) is 5.32 Å². The standard InChI is InChI=1S/C20H15N3O3S/c24-18(25)12-22-11-13(15-8-4-5-9-17(15)22)10-16-19(26)23(20(27)21-16)14-6-2-1-3-7-14/h1-11H,12H2,(H,21,27)(H,24,25)/p-1. The second-order valence-corrected chi connectivity index (χ2v) is 6.45. The van der Waals surface area contributed by atoms with Gasteiger partial charge >= 0.3 is 0 Å². The van der Waals surface area contributed by atoms with Gasteiger partial charge in [-0.15, -0.1) is 0 Å².